The van der Waals surface area contributed by atoms with Crippen LogP contribution in [0.5, 0.6) is 5.75 Å². The van der Waals surface area contributed by atoms with Gasteiger partial charge in [0, 0.05) is 0 Å². The minimum atomic E-state index is -3.80. The molecule has 0 aliphatic carbocycles. The zero-order chi connectivity index (χ0) is 20.9. The van der Waals surface area contributed by atoms with Crippen LogP contribution in [0.3, 0.4) is 0 Å². The van der Waals surface area contributed by atoms with Crippen molar-refractivity contribution in [2.45, 2.75) is 11.8 Å². The molecule has 3 rings (SSSR count). The number of hydrogen-bond donors (Lipinski definition) is 3. The number of sulfonamides is 1. The van der Waals surface area contributed by atoms with Crippen LogP contribution in [-0.2, 0) is 10.0 Å². The number of carbonyl (C=O) groups is 1. The first-order chi connectivity index (χ1) is 13.9. The van der Waals surface area contributed by atoms with Gasteiger partial charge in [-0.25, -0.2) is 13.2 Å². The van der Waals surface area contributed by atoms with Gasteiger partial charge in [0.1, 0.15) is 5.75 Å². The predicted molar refractivity (Wildman–Crippen MR) is 114 cm³/mol. The SMILES string of the molecule is COc1ccccc1NC(=O)Nc1ccccc1NS(=O)(=O)c1ccc(C)cc1. The maximum absolute atomic E-state index is 12.7. The Labute approximate surface area is 169 Å². The van der Waals surface area contributed by atoms with Crippen LogP contribution in [0.2, 0.25) is 0 Å². The lowest BCUT2D eigenvalue weighted by atomic mass is 10.2. The number of ether oxygens (including phenoxy) is 1. The van der Waals surface area contributed by atoms with E-state index >= 15 is 0 Å². The van der Waals surface area contributed by atoms with Crippen LogP contribution >= 0.6 is 0 Å². The molecule has 7 nitrogen and oxygen atoms in total. The number of para-hydroxylation sites is 4. The number of aryl methyl sites for hydroxylation is 1. The van der Waals surface area contributed by atoms with E-state index in [2.05, 4.69) is 15.4 Å². The maximum Gasteiger partial charge on any atom is 0.323 e. The molecule has 0 fully saturated rings. The molecule has 0 aliphatic rings. The van der Waals surface area contributed by atoms with E-state index in [9.17, 15) is 13.2 Å². The second kappa shape index (κ2) is 8.66. The Bertz CT molecular complexity index is 1110. The summed E-state index contributed by atoms with van der Waals surface area (Å²) in [5.74, 6) is 0.510. The highest BCUT2D eigenvalue weighted by atomic mass is 32.2. The van der Waals surface area contributed by atoms with Gasteiger partial charge in [-0.2, -0.15) is 0 Å². The molecule has 3 aromatic rings. The van der Waals surface area contributed by atoms with Gasteiger partial charge < -0.3 is 15.4 Å². The third kappa shape index (κ3) is 5.05. The van der Waals surface area contributed by atoms with Crippen LogP contribution < -0.4 is 20.1 Å². The minimum Gasteiger partial charge on any atom is -0.495 e. The van der Waals surface area contributed by atoms with Crippen LogP contribution in [0, 0.1) is 6.92 Å². The smallest absolute Gasteiger partial charge is 0.323 e. The Morgan fingerprint density at radius 3 is 2.00 bits per heavy atom. The largest absolute Gasteiger partial charge is 0.495 e. The molecule has 29 heavy (non-hydrogen) atoms. The lowest BCUT2D eigenvalue weighted by Gasteiger charge is -2.15. The van der Waals surface area contributed by atoms with Crippen LogP contribution in [0.25, 0.3) is 0 Å². The van der Waals surface area contributed by atoms with E-state index in [1.165, 1.54) is 19.2 Å². The van der Waals surface area contributed by atoms with Crippen molar-refractivity contribution in [1.82, 2.24) is 0 Å². The van der Waals surface area contributed by atoms with E-state index in [-0.39, 0.29) is 10.6 Å². The number of nitrogens with one attached hydrogen (secondary N) is 3. The van der Waals surface area contributed by atoms with Crippen molar-refractivity contribution in [3.8, 4) is 5.75 Å². The molecule has 0 aromatic heterocycles. The molecule has 0 radical (unpaired) electrons. The van der Waals surface area contributed by atoms with E-state index in [4.69, 9.17) is 4.74 Å². The molecule has 0 atom stereocenters. The van der Waals surface area contributed by atoms with E-state index < -0.39 is 16.1 Å². The highest BCUT2D eigenvalue weighted by Crippen LogP contribution is 2.26. The van der Waals surface area contributed by atoms with Crippen molar-refractivity contribution in [3.05, 3.63) is 78.4 Å². The van der Waals surface area contributed by atoms with Crippen molar-refractivity contribution in [2.75, 3.05) is 22.5 Å². The number of carbonyl (C=O) groups excluding carboxylic acids is 1. The molecule has 0 aliphatic heterocycles. The van der Waals surface area contributed by atoms with Crippen LogP contribution in [0.4, 0.5) is 21.9 Å². The van der Waals surface area contributed by atoms with Crippen LogP contribution in [-0.4, -0.2) is 21.6 Å². The number of urea groups is 1. The standard InChI is InChI=1S/C21H21N3O4S/c1-15-11-13-16(14-12-15)29(26,27)24-18-8-4-3-7-17(18)22-21(25)23-19-9-5-6-10-20(19)28-2/h3-14,24H,1-2H3,(H2,22,23,25). The van der Waals surface area contributed by atoms with Gasteiger partial charge in [-0.05, 0) is 43.3 Å². The second-order valence-electron chi connectivity index (χ2n) is 6.24. The van der Waals surface area contributed by atoms with E-state index in [1.807, 2.05) is 6.92 Å². The lowest BCUT2D eigenvalue weighted by Crippen LogP contribution is -2.21. The fraction of sp³-hybridized carbons (Fsp3) is 0.0952. The van der Waals surface area contributed by atoms with Crippen molar-refractivity contribution in [2.24, 2.45) is 0 Å². The van der Waals surface area contributed by atoms with Crippen LogP contribution in [0.1, 0.15) is 5.56 Å². The highest BCUT2D eigenvalue weighted by molar-refractivity contribution is 7.92. The fourth-order valence-electron chi connectivity index (χ4n) is 2.63. The Kier molecular flexibility index (Phi) is 6.04. The third-order valence-corrected chi connectivity index (χ3v) is 5.49. The average Bonchev–Trinajstić information content (AvgIpc) is 2.70. The molecule has 3 aromatic carbocycles. The lowest BCUT2D eigenvalue weighted by molar-refractivity contribution is 0.262. The molecule has 0 heterocycles. The van der Waals surface area contributed by atoms with Gasteiger partial charge in [0.25, 0.3) is 10.0 Å². The summed E-state index contributed by atoms with van der Waals surface area (Å²) in [5.41, 5.74) is 2.02. The van der Waals surface area contributed by atoms with Crippen molar-refractivity contribution < 1.29 is 17.9 Å². The Morgan fingerprint density at radius 1 is 0.793 bits per heavy atom. The Morgan fingerprint density at radius 2 is 1.34 bits per heavy atom. The number of anilines is 3. The average molecular weight is 411 g/mol. The van der Waals surface area contributed by atoms with E-state index in [0.29, 0.717) is 17.1 Å². The highest BCUT2D eigenvalue weighted by Gasteiger charge is 2.17. The molecular weight excluding hydrogens is 390 g/mol. The molecule has 0 spiro atoms. The van der Waals surface area contributed by atoms with Gasteiger partial charge in [0.15, 0.2) is 0 Å². The summed E-state index contributed by atoms with van der Waals surface area (Å²) in [6, 6.07) is 19.5. The van der Waals surface area contributed by atoms with Crippen molar-refractivity contribution >= 4 is 33.1 Å². The molecule has 0 unspecified atom stereocenters. The van der Waals surface area contributed by atoms with Gasteiger partial charge >= 0.3 is 6.03 Å². The van der Waals surface area contributed by atoms with Gasteiger partial charge in [-0.1, -0.05) is 42.0 Å². The van der Waals surface area contributed by atoms with E-state index in [0.717, 1.165) is 5.56 Å². The summed E-state index contributed by atoms with van der Waals surface area (Å²) in [7, 11) is -2.29. The molecular formula is C21H21N3O4S. The summed E-state index contributed by atoms with van der Waals surface area (Å²) < 4.78 is 33.1. The first-order valence-electron chi connectivity index (χ1n) is 8.78. The summed E-state index contributed by atoms with van der Waals surface area (Å²) in [5, 5.41) is 5.35. The summed E-state index contributed by atoms with van der Waals surface area (Å²) in [6.07, 6.45) is 0. The maximum atomic E-state index is 12.7. The van der Waals surface area contributed by atoms with Gasteiger partial charge in [0.05, 0.1) is 29.1 Å². The van der Waals surface area contributed by atoms with Crippen LogP contribution in [0.15, 0.2) is 77.7 Å². The molecule has 2 amide bonds. The molecule has 0 saturated heterocycles. The summed E-state index contributed by atoms with van der Waals surface area (Å²) >= 11 is 0. The minimum absolute atomic E-state index is 0.136. The monoisotopic (exact) mass is 411 g/mol. The Balaban J connectivity index is 1.78. The second-order valence-corrected chi connectivity index (χ2v) is 7.93. The first-order valence-corrected chi connectivity index (χ1v) is 10.3. The molecule has 0 saturated carbocycles. The van der Waals surface area contributed by atoms with Gasteiger partial charge in [-0.3, -0.25) is 4.72 Å². The fourth-order valence-corrected chi connectivity index (χ4v) is 3.71. The quantitative estimate of drug-likeness (QED) is 0.558. The topological polar surface area (TPSA) is 96.5 Å². The van der Waals surface area contributed by atoms with Gasteiger partial charge in [0.2, 0.25) is 0 Å². The van der Waals surface area contributed by atoms with Crippen molar-refractivity contribution in [1.29, 1.82) is 0 Å². The number of amides is 2. The zero-order valence-electron chi connectivity index (χ0n) is 16.0. The van der Waals surface area contributed by atoms with E-state index in [1.54, 1.807) is 60.7 Å². The number of rotatable bonds is 6. The predicted octanol–water partition coefficient (Wildman–Crippen LogP) is 4.45. The normalized spacial score (nSPS) is 10.8. The molecule has 8 heteroatoms. The molecule has 3 N–H and O–H groups in total. The molecule has 0 bridgehead atoms. The summed E-state index contributed by atoms with van der Waals surface area (Å²) in [6.45, 7) is 1.88. The Hall–Kier alpha value is -3.52. The third-order valence-electron chi connectivity index (χ3n) is 4.11. The number of benzene rings is 3. The number of hydrogen-bond acceptors (Lipinski definition) is 4. The molecule has 150 valence electrons. The zero-order valence-corrected chi connectivity index (χ0v) is 16.8. The van der Waals surface area contributed by atoms with Gasteiger partial charge in [-0.15, -0.1) is 0 Å². The first kappa shape index (κ1) is 20.2. The van der Waals surface area contributed by atoms with Crippen molar-refractivity contribution in [3.63, 3.8) is 0 Å². The number of methoxy groups -OCH3 is 1. The summed E-state index contributed by atoms with van der Waals surface area (Å²) in [4.78, 5) is 12.6.